The van der Waals surface area contributed by atoms with Crippen LogP contribution in [0.15, 0.2) is 33.6 Å². The molecule has 0 amide bonds. The van der Waals surface area contributed by atoms with Crippen LogP contribution < -0.4 is 4.90 Å². The zero-order chi connectivity index (χ0) is 18.9. The molecule has 1 aliphatic heterocycles. The van der Waals surface area contributed by atoms with Crippen LogP contribution in [0.5, 0.6) is 0 Å². The topological polar surface area (TPSA) is 96.6 Å². The van der Waals surface area contributed by atoms with Crippen molar-refractivity contribution in [2.75, 3.05) is 31.1 Å². The lowest BCUT2D eigenvalue weighted by molar-refractivity contribution is 0.101. The van der Waals surface area contributed by atoms with Gasteiger partial charge in [0.15, 0.2) is 5.78 Å². The molecule has 0 atom stereocenters. The van der Waals surface area contributed by atoms with Crippen LogP contribution in [0.25, 0.3) is 0 Å². The minimum atomic E-state index is -3.64. The van der Waals surface area contributed by atoms with Crippen molar-refractivity contribution in [1.82, 2.24) is 14.5 Å². The highest BCUT2D eigenvalue weighted by atomic mass is 32.2. The molecular formula is C17H22N4O4S. The Balaban J connectivity index is 1.72. The summed E-state index contributed by atoms with van der Waals surface area (Å²) in [6.45, 7) is 6.91. The lowest BCUT2D eigenvalue weighted by Gasteiger charge is -2.32. The second kappa shape index (κ2) is 7.16. The molecule has 0 saturated carbocycles. The molecule has 9 heteroatoms. The number of sulfonamides is 1. The van der Waals surface area contributed by atoms with E-state index in [4.69, 9.17) is 4.42 Å². The number of piperazine rings is 1. The number of carbonyl (C=O) groups is 1. The number of hydrogen-bond donors (Lipinski definition) is 0. The molecule has 0 unspecified atom stereocenters. The van der Waals surface area contributed by atoms with Crippen LogP contribution in [0.4, 0.5) is 6.01 Å². The van der Waals surface area contributed by atoms with Gasteiger partial charge in [-0.05, 0) is 19.1 Å². The lowest BCUT2D eigenvalue weighted by atomic mass is 10.2. The maximum absolute atomic E-state index is 12.8. The molecule has 0 bridgehead atoms. The van der Waals surface area contributed by atoms with Crippen LogP contribution in [-0.4, -0.2) is 54.9 Å². The van der Waals surface area contributed by atoms with Gasteiger partial charge in [0.25, 0.3) is 0 Å². The average Bonchev–Trinajstić information content (AvgIpc) is 3.12. The quantitative estimate of drug-likeness (QED) is 0.733. The number of aromatic nitrogens is 2. The number of ketones is 1. The number of anilines is 1. The maximum atomic E-state index is 12.8. The van der Waals surface area contributed by atoms with E-state index >= 15 is 0 Å². The van der Waals surface area contributed by atoms with Crippen molar-refractivity contribution in [3.8, 4) is 0 Å². The SMILES string of the molecule is CC(=O)c1cccc(S(=O)(=O)N2CCN(c3nnc(C(C)C)o3)CC2)c1. The fourth-order valence-corrected chi connectivity index (χ4v) is 4.20. The van der Waals surface area contributed by atoms with Gasteiger partial charge in [-0.1, -0.05) is 31.1 Å². The van der Waals surface area contributed by atoms with E-state index < -0.39 is 10.0 Å². The number of Topliss-reactive ketones (excluding diaryl/α,β-unsaturated/α-hetero) is 1. The molecule has 3 rings (SSSR count). The smallest absolute Gasteiger partial charge is 0.318 e. The Morgan fingerprint density at radius 1 is 1.15 bits per heavy atom. The zero-order valence-electron chi connectivity index (χ0n) is 15.0. The number of rotatable bonds is 5. The second-order valence-corrected chi connectivity index (χ2v) is 8.49. The fourth-order valence-electron chi connectivity index (χ4n) is 2.73. The Morgan fingerprint density at radius 2 is 1.85 bits per heavy atom. The number of nitrogens with zero attached hydrogens (tertiary/aromatic N) is 4. The third kappa shape index (κ3) is 3.63. The molecule has 2 aromatic rings. The molecular weight excluding hydrogens is 356 g/mol. The summed E-state index contributed by atoms with van der Waals surface area (Å²) in [6, 6.07) is 6.56. The third-order valence-electron chi connectivity index (χ3n) is 4.31. The first-order valence-electron chi connectivity index (χ1n) is 8.48. The van der Waals surface area contributed by atoms with Crippen LogP contribution in [0, 0.1) is 0 Å². The standard InChI is InChI=1S/C17H22N4O4S/c1-12(2)16-18-19-17(25-16)20-7-9-21(10-8-20)26(23,24)15-6-4-5-14(11-15)13(3)22/h4-6,11-12H,7-10H2,1-3H3. The number of carbonyl (C=O) groups excluding carboxylic acids is 1. The van der Waals surface area contributed by atoms with Gasteiger partial charge in [-0.25, -0.2) is 8.42 Å². The van der Waals surface area contributed by atoms with Gasteiger partial charge in [0.2, 0.25) is 15.9 Å². The summed E-state index contributed by atoms with van der Waals surface area (Å²) in [5, 5.41) is 8.05. The predicted molar refractivity (Wildman–Crippen MR) is 95.8 cm³/mol. The maximum Gasteiger partial charge on any atom is 0.318 e. The Bertz CT molecular complexity index is 899. The van der Waals surface area contributed by atoms with Crippen molar-refractivity contribution in [1.29, 1.82) is 0 Å². The van der Waals surface area contributed by atoms with Crippen LogP contribution in [-0.2, 0) is 10.0 Å². The molecule has 0 N–H and O–H groups in total. The van der Waals surface area contributed by atoms with E-state index in [-0.39, 0.29) is 16.6 Å². The molecule has 0 aliphatic carbocycles. The third-order valence-corrected chi connectivity index (χ3v) is 6.21. The highest BCUT2D eigenvalue weighted by molar-refractivity contribution is 7.89. The Morgan fingerprint density at radius 3 is 2.42 bits per heavy atom. The minimum absolute atomic E-state index is 0.138. The van der Waals surface area contributed by atoms with E-state index in [1.54, 1.807) is 12.1 Å². The van der Waals surface area contributed by atoms with Crippen LogP contribution >= 0.6 is 0 Å². The monoisotopic (exact) mass is 378 g/mol. The van der Waals surface area contributed by atoms with Gasteiger partial charge in [0.1, 0.15) is 0 Å². The fraction of sp³-hybridized carbons (Fsp3) is 0.471. The average molecular weight is 378 g/mol. The summed E-state index contributed by atoms with van der Waals surface area (Å²) in [6.07, 6.45) is 0. The first-order chi connectivity index (χ1) is 12.3. The largest absolute Gasteiger partial charge is 0.408 e. The van der Waals surface area contributed by atoms with Crippen LogP contribution in [0.2, 0.25) is 0 Å². The Kier molecular flexibility index (Phi) is 5.10. The van der Waals surface area contributed by atoms with Gasteiger partial charge in [-0.3, -0.25) is 4.79 Å². The minimum Gasteiger partial charge on any atom is -0.408 e. The van der Waals surface area contributed by atoms with Crippen molar-refractivity contribution < 1.29 is 17.6 Å². The van der Waals surface area contributed by atoms with Crippen LogP contribution in [0.1, 0.15) is 42.9 Å². The summed E-state index contributed by atoms with van der Waals surface area (Å²) in [5.41, 5.74) is 0.386. The highest BCUT2D eigenvalue weighted by Crippen LogP contribution is 2.23. The molecule has 1 fully saturated rings. The molecule has 1 aliphatic rings. The van der Waals surface area contributed by atoms with Crippen molar-refractivity contribution in [3.05, 3.63) is 35.7 Å². The molecule has 140 valence electrons. The van der Waals surface area contributed by atoms with E-state index in [0.29, 0.717) is 43.6 Å². The number of benzene rings is 1. The van der Waals surface area contributed by atoms with Gasteiger partial charge >= 0.3 is 6.01 Å². The zero-order valence-corrected chi connectivity index (χ0v) is 15.9. The van der Waals surface area contributed by atoms with E-state index in [9.17, 15) is 13.2 Å². The van der Waals surface area contributed by atoms with E-state index in [2.05, 4.69) is 10.2 Å². The van der Waals surface area contributed by atoms with E-state index in [1.807, 2.05) is 18.7 Å². The number of hydrogen-bond acceptors (Lipinski definition) is 7. The summed E-state index contributed by atoms with van der Waals surface area (Å²) in [7, 11) is -3.64. The van der Waals surface area contributed by atoms with Crippen molar-refractivity contribution in [2.24, 2.45) is 0 Å². The molecule has 0 radical (unpaired) electrons. The van der Waals surface area contributed by atoms with Crippen molar-refractivity contribution in [2.45, 2.75) is 31.6 Å². The molecule has 1 aromatic heterocycles. The summed E-state index contributed by atoms with van der Waals surface area (Å²) >= 11 is 0. The van der Waals surface area contributed by atoms with E-state index in [0.717, 1.165) is 0 Å². The van der Waals surface area contributed by atoms with Gasteiger partial charge in [-0.2, -0.15) is 4.31 Å². The second-order valence-electron chi connectivity index (χ2n) is 6.55. The summed E-state index contributed by atoms with van der Waals surface area (Å²) < 4.78 is 32.7. The first kappa shape index (κ1) is 18.5. The van der Waals surface area contributed by atoms with E-state index in [1.165, 1.54) is 23.4 Å². The molecule has 1 saturated heterocycles. The van der Waals surface area contributed by atoms with Crippen molar-refractivity contribution >= 4 is 21.8 Å². The first-order valence-corrected chi connectivity index (χ1v) is 9.92. The molecule has 26 heavy (non-hydrogen) atoms. The Labute approximate surface area is 152 Å². The van der Waals surface area contributed by atoms with Gasteiger partial charge in [0.05, 0.1) is 4.90 Å². The van der Waals surface area contributed by atoms with Gasteiger partial charge in [-0.15, -0.1) is 5.10 Å². The van der Waals surface area contributed by atoms with Gasteiger partial charge < -0.3 is 9.32 Å². The summed E-state index contributed by atoms with van der Waals surface area (Å²) in [5.74, 6) is 0.548. The van der Waals surface area contributed by atoms with Crippen LogP contribution in [0.3, 0.4) is 0 Å². The normalized spacial score (nSPS) is 16.2. The molecule has 8 nitrogen and oxygen atoms in total. The molecule has 2 heterocycles. The van der Waals surface area contributed by atoms with Crippen molar-refractivity contribution in [3.63, 3.8) is 0 Å². The predicted octanol–water partition coefficient (Wildman–Crippen LogP) is 1.91. The lowest BCUT2D eigenvalue weighted by Crippen LogP contribution is -2.48. The Hall–Kier alpha value is -2.26. The molecule has 0 spiro atoms. The van der Waals surface area contributed by atoms with Gasteiger partial charge in [0, 0.05) is 37.7 Å². The summed E-state index contributed by atoms with van der Waals surface area (Å²) in [4.78, 5) is 13.5. The highest BCUT2D eigenvalue weighted by Gasteiger charge is 2.30. The molecule has 1 aromatic carbocycles.